The Balaban J connectivity index is 1.74. The van der Waals surface area contributed by atoms with Crippen LogP contribution in [0.15, 0.2) is 47.6 Å². The molecule has 0 aliphatic heterocycles. The van der Waals surface area contributed by atoms with Crippen LogP contribution in [0.25, 0.3) is 0 Å². The lowest BCUT2D eigenvalue weighted by Crippen LogP contribution is -2.31. The summed E-state index contributed by atoms with van der Waals surface area (Å²) < 4.78 is 1.95. The molecule has 7 nitrogen and oxygen atoms in total. The molecule has 0 bridgehead atoms. The third kappa shape index (κ3) is 7.08. The van der Waals surface area contributed by atoms with Crippen LogP contribution in [0.4, 0.5) is 5.69 Å². The van der Waals surface area contributed by atoms with Crippen LogP contribution in [-0.2, 0) is 11.3 Å². The van der Waals surface area contributed by atoms with Gasteiger partial charge in [-0.05, 0) is 56.9 Å². The smallest absolute Gasteiger partial charge is 0.253 e. The van der Waals surface area contributed by atoms with Gasteiger partial charge in [-0.2, -0.15) is 0 Å². The van der Waals surface area contributed by atoms with E-state index in [9.17, 15) is 9.59 Å². The van der Waals surface area contributed by atoms with Crippen LogP contribution >= 0.6 is 23.4 Å². The summed E-state index contributed by atoms with van der Waals surface area (Å²) in [7, 11) is 0. The summed E-state index contributed by atoms with van der Waals surface area (Å²) in [5.74, 6) is 0.813. The Morgan fingerprint density at radius 1 is 1.11 bits per heavy atom. The van der Waals surface area contributed by atoms with Crippen molar-refractivity contribution in [1.29, 1.82) is 0 Å². The van der Waals surface area contributed by atoms with Gasteiger partial charge in [0.05, 0.1) is 22.4 Å². The van der Waals surface area contributed by atoms with E-state index in [1.54, 1.807) is 24.3 Å². The van der Waals surface area contributed by atoms with Crippen molar-refractivity contribution in [1.82, 2.24) is 20.1 Å². The SMILES string of the molecule is CCn1c(SCC(=O)Nc2ccc(C)cc2C)nnc1[C@@H](CC(C)C)NC(=O)c1ccccc1Cl. The van der Waals surface area contributed by atoms with Crippen molar-refractivity contribution in [2.75, 3.05) is 11.1 Å². The van der Waals surface area contributed by atoms with Crippen LogP contribution in [-0.4, -0.2) is 32.3 Å². The zero-order valence-electron chi connectivity index (χ0n) is 20.8. The molecular formula is C26H32ClN5O2S. The van der Waals surface area contributed by atoms with Crippen molar-refractivity contribution < 1.29 is 9.59 Å². The number of anilines is 1. The molecule has 0 spiro atoms. The van der Waals surface area contributed by atoms with Crippen molar-refractivity contribution in [2.24, 2.45) is 5.92 Å². The fourth-order valence-electron chi connectivity index (χ4n) is 3.81. The summed E-state index contributed by atoms with van der Waals surface area (Å²) >= 11 is 7.55. The quantitative estimate of drug-likeness (QED) is 0.333. The maximum absolute atomic E-state index is 13.0. The topological polar surface area (TPSA) is 88.9 Å². The molecule has 9 heteroatoms. The van der Waals surface area contributed by atoms with Gasteiger partial charge in [-0.1, -0.05) is 67.0 Å². The number of carbonyl (C=O) groups excluding carboxylic acids is 2. The van der Waals surface area contributed by atoms with E-state index < -0.39 is 0 Å². The van der Waals surface area contributed by atoms with Crippen LogP contribution in [0.5, 0.6) is 0 Å². The Hall–Kier alpha value is -2.84. The van der Waals surface area contributed by atoms with Crippen molar-refractivity contribution in [3.63, 3.8) is 0 Å². The van der Waals surface area contributed by atoms with E-state index in [1.165, 1.54) is 11.8 Å². The minimum absolute atomic E-state index is 0.111. The molecule has 2 N–H and O–H groups in total. The number of nitrogens with zero attached hydrogens (tertiary/aromatic N) is 3. The molecule has 186 valence electrons. The number of halogens is 1. The molecule has 0 aliphatic rings. The summed E-state index contributed by atoms with van der Waals surface area (Å²) in [6, 6.07) is 12.5. The molecule has 2 amide bonds. The summed E-state index contributed by atoms with van der Waals surface area (Å²) in [6.07, 6.45) is 0.687. The van der Waals surface area contributed by atoms with Crippen LogP contribution in [0, 0.1) is 19.8 Å². The first kappa shape index (κ1) is 26.8. The molecule has 35 heavy (non-hydrogen) atoms. The third-order valence-electron chi connectivity index (χ3n) is 5.49. The summed E-state index contributed by atoms with van der Waals surface area (Å²) in [4.78, 5) is 25.5. The van der Waals surface area contributed by atoms with Gasteiger partial charge < -0.3 is 15.2 Å². The molecule has 0 radical (unpaired) electrons. The Kier molecular flexibility index (Phi) is 9.34. The predicted octanol–water partition coefficient (Wildman–Crippen LogP) is 5.82. The average molecular weight is 514 g/mol. The largest absolute Gasteiger partial charge is 0.342 e. The van der Waals surface area contributed by atoms with E-state index in [-0.39, 0.29) is 23.6 Å². The Morgan fingerprint density at radius 2 is 1.86 bits per heavy atom. The number of carbonyl (C=O) groups is 2. The third-order valence-corrected chi connectivity index (χ3v) is 6.79. The predicted molar refractivity (Wildman–Crippen MR) is 142 cm³/mol. The fraction of sp³-hybridized carbons (Fsp3) is 0.385. The summed E-state index contributed by atoms with van der Waals surface area (Å²) in [6.45, 7) is 10.8. The second-order valence-corrected chi connectivity index (χ2v) is 10.2. The van der Waals surface area contributed by atoms with Gasteiger partial charge in [-0.15, -0.1) is 10.2 Å². The monoisotopic (exact) mass is 513 g/mol. The second kappa shape index (κ2) is 12.2. The number of thioether (sulfide) groups is 1. The van der Waals surface area contributed by atoms with Gasteiger partial charge in [-0.3, -0.25) is 9.59 Å². The van der Waals surface area contributed by atoms with Gasteiger partial charge in [-0.25, -0.2) is 0 Å². The highest BCUT2D eigenvalue weighted by molar-refractivity contribution is 7.99. The van der Waals surface area contributed by atoms with E-state index in [2.05, 4.69) is 34.7 Å². The Morgan fingerprint density at radius 3 is 2.51 bits per heavy atom. The van der Waals surface area contributed by atoms with E-state index in [1.807, 2.05) is 43.5 Å². The lowest BCUT2D eigenvalue weighted by atomic mass is 10.0. The van der Waals surface area contributed by atoms with Crippen molar-refractivity contribution in [2.45, 2.75) is 58.8 Å². The first-order valence-electron chi connectivity index (χ1n) is 11.7. The van der Waals surface area contributed by atoms with Gasteiger partial charge >= 0.3 is 0 Å². The Labute approximate surface area is 216 Å². The molecular weight excluding hydrogens is 482 g/mol. The number of aryl methyl sites for hydroxylation is 2. The van der Waals surface area contributed by atoms with Crippen molar-refractivity contribution in [3.8, 4) is 0 Å². The first-order chi connectivity index (χ1) is 16.7. The number of rotatable bonds is 10. The highest BCUT2D eigenvalue weighted by Gasteiger charge is 2.25. The molecule has 0 aliphatic carbocycles. The lowest BCUT2D eigenvalue weighted by molar-refractivity contribution is -0.113. The van der Waals surface area contributed by atoms with Gasteiger partial charge in [0.2, 0.25) is 5.91 Å². The minimum Gasteiger partial charge on any atom is -0.342 e. The van der Waals surface area contributed by atoms with E-state index in [0.29, 0.717) is 40.5 Å². The van der Waals surface area contributed by atoms with Crippen molar-refractivity contribution in [3.05, 3.63) is 70.0 Å². The van der Waals surface area contributed by atoms with E-state index in [0.717, 1.165) is 16.8 Å². The van der Waals surface area contributed by atoms with Crippen LogP contribution in [0.1, 0.15) is 60.5 Å². The molecule has 3 aromatic rings. The van der Waals surface area contributed by atoms with E-state index in [4.69, 9.17) is 11.6 Å². The number of hydrogen-bond donors (Lipinski definition) is 2. The second-order valence-electron chi connectivity index (χ2n) is 8.88. The van der Waals surface area contributed by atoms with Crippen LogP contribution in [0.3, 0.4) is 0 Å². The van der Waals surface area contributed by atoms with Gasteiger partial charge in [0.1, 0.15) is 0 Å². The van der Waals surface area contributed by atoms with E-state index >= 15 is 0 Å². The fourth-order valence-corrected chi connectivity index (χ4v) is 4.84. The molecule has 0 fully saturated rings. The molecule has 1 heterocycles. The number of amides is 2. The normalized spacial score (nSPS) is 12.0. The average Bonchev–Trinajstić information content (AvgIpc) is 3.22. The maximum Gasteiger partial charge on any atom is 0.253 e. The summed E-state index contributed by atoms with van der Waals surface area (Å²) in [5, 5.41) is 15.8. The molecule has 0 unspecified atom stereocenters. The Bertz CT molecular complexity index is 1190. The first-order valence-corrected chi connectivity index (χ1v) is 13.0. The molecule has 1 aromatic heterocycles. The molecule has 1 atom stereocenters. The highest BCUT2D eigenvalue weighted by Crippen LogP contribution is 2.26. The van der Waals surface area contributed by atoms with Gasteiger partial charge in [0, 0.05) is 12.2 Å². The minimum atomic E-state index is -0.343. The molecule has 0 saturated heterocycles. The highest BCUT2D eigenvalue weighted by atomic mass is 35.5. The standard InChI is InChI=1S/C26H32ClN5O2S/c1-6-32-24(22(13-16(2)3)29-25(34)19-9-7-8-10-20(19)27)30-31-26(32)35-15-23(33)28-21-12-11-17(4)14-18(21)5/h7-12,14,16,22H,6,13,15H2,1-5H3,(H,28,33)(H,29,34)/t22-/m1/s1. The van der Waals surface area contributed by atoms with Gasteiger partial charge in [0.15, 0.2) is 11.0 Å². The maximum atomic E-state index is 13.0. The van der Waals surface area contributed by atoms with Gasteiger partial charge in [0.25, 0.3) is 5.91 Å². The lowest BCUT2D eigenvalue weighted by Gasteiger charge is -2.21. The van der Waals surface area contributed by atoms with Crippen LogP contribution < -0.4 is 10.6 Å². The van der Waals surface area contributed by atoms with Crippen LogP contribution in [0.2, 0.25) is 5.02 Å². The molecule has 0 saturated carbocycles. The molecule has 2 aromatic carbocycles. The number of nitrogens with one attached hydrogen (secondary N) is 2. The zero-order chi connectivity index (χ0) is 25.5. The molecule has 3 rings (SSSR count). The number of aromatic nitrogens is 3. The number of hydrogen-bond acceptors (Lipinski definition) is 5. The van der Waals surface area contributed by atoms with Crippen molar-refractivity contribution >= 4 is 40.9 Å². The number of benzene rings is 2. The zero-order valence-corrected chi connectivity index (χ0v) is 22.3. The summed E-state index contributed by atoms with van der Waals surface area (Å²) in [5.41, 5.74) is 3.39.